The Balaban J connectivity index is 1.21. The minimum atomic E-state index is -0.0491. The third-order valence-electron chi connectivity index (χ3n) is 9.01. The van der Waals surface area contributed by atoms with Crippen LogP contribution in [0.4, 0.5) is 4.79 Å². The van der Waals surface area contributed by atoms with Crippen molar-refractivity contribution in [2.24, 2.45) is 5.73 Å². The van der Waals surface area contributed by atoms with Crippen LogP contribution in [0.5, 0.6) is 0 Å². The van der Waals surface area contributed by atoms with Crippen LogP contribution in [0.3, 0.4) is 0 Å². The van der Waals surface area contributed by atoms with Gasteiger partial charge < -0.3 is 44.8 Å². The van der Waals surface area contributed by atoms with Gasteiger partial charge in [-0.15, -0.1) is 0 Å². The first-order valence-corrected chi connectivity index (χ1v) is 20.9. The van der Waals surface area contributed by atoms with E-state index >= 15 is 0 Å². The standard InChI is InChI=1S/C38H69N3O10S/c39-18-10-22-49-26-30-51-29-25-48-21-8-5-14-34(44)16-9-15-33(43)13-4-7-20-47-24-28-50-27-23-46-19-6-3-12-32(42)11-1-2-17-36-37-35(31-52-36)40-38(45)41-37/h35-37H,1-31,39H2,(H2,40,41,45)/t35?,36-,37?/m0/s1. The number of urea groups is 1. The van der Waals surface area contributed by atoms with Crippen LogP contribution < -0.4 is 16.4 Å². The molecular formula is C38H69N3O10S. The van der Waals surface area contributed by atoms with Gasteiger partial charge in [0.15, 0.2) is 0 Å². The van der Waals surface area contributed by atoms with Crippen molar-refractivity contribution in [3.63, 3.8) is 0 Å². The largest absolute Gasteiger partial charge is 0.379 e. The molecule has 0 spiro atoms. The molecule has 13 nitrogen and oxygen atoms in total. The minimum Gasteiger partial charge on any atom is -0.379 e. The Labute approximate surface area is 316 Å². The molecule has 0 aliphatic carbocycles. The summed E-state index contributed by atoms with van der Waals surface area (Å²) in [5.74, 6) is 1.73. The molecule has 2 amide bonds. The van der Waals surface area contributed by atoms with E-state index in [1.807, 2.05) is 11.8 Å². The monoisotopic (exact) mass is 759 g/mol. The highest BCUT2D eigenvalue weighted by atomic mass is 32.2. The summed E-state index contributed by atoms with van der Waals surface area (Å²) in [4.78, 5) is 47.9. The molecule has 2 rings (SSSR count). The van der Waals surface area contributed by atoms with Crippen molar-refractivity contribution in [3.8, 4) is 0 Å². The van der Waals surface area contributed by atoms with Crippen molar-refractivity contribution in [2.75, 3.05) is 91.6 Å². The number of ether oxygens (including phenoxy) is 6. The lowest BCUT2D eigenvalue weighted by molar-refractivity contribution is -0.121. The molecule has 2 aliphatic rings. The number of carbonyl (C=O) groups is 4. The van der Waals surface area contributed by atoms with Gasteiger partial charge in [0.25, 0.3) is 0 Å². The van der Waals surface area contributed by atoms with Crippen LogP contribution in [0, 0.1) is 0 Å². The summed E-state index contributed by atoms with van der Waals surface area (Å²) >= 11 is 1.92. The highest BCUT2D eigenvalue weighted by Gasteiger charge is 2.42. The molecule has 0 aromatic heterocycles. The topological polar surface area (TPSA) is 174 Å². The number of Topliss-reactive ketones (excluding diaryl/α,β-unsaturated/α-hetero) is 3. The third kappa shape index (κ3) is 25.4. The lowest BCUT2D eigenvalue weighted by Gasteiger charge is -2.16. The van der Waals surface area contributed by atoms with E-state index in [1.54, 1.807) is 0 Å². The second-order valence-electron chi connectivity index (χ2n) is 13.5. The van der Waals surface area contributed by atoms with E-state index in [9.17, 15) is 19.2 Å². The average Bonchev–Trinajstić information content (AvgIpc) is 3.69. The number of hydrogen-bond donors (Lipinski definition) is 3. The Morgan fingerprint density at radius 3 is 1.35 bits per heavy atom. The third-order valence-corrected chi connectivity index (χ3v) is 10.5. The lowest BCUT2D eigenvalue weighted by Crippen LogP contribution is -2.36. The Morgan fingerprint density at radius 2 is 0.904 bits per heavy atom. The zero-order valence-electron chi connectivity index (χ0n) is 31.7. The molecule has 0 saturated carbocycles. The van der Waals surface area contributed by atoms with Gasteiger partial charge >= 0.3 is 6.03 Å². The minimum absolute atomic E-state index is 0.0491. The van der Waals surface area contributed by atoms with Crippen LogP contribution >= 0.6 is 11.8 Å². The predicted octanol–water partition coefficient (Wildman–Crippen LogP) is 4.55. The fourth-order valence-corrected chi connectivity index (χ4v) is 7.56. The zero-order chi connectivity index (χ0) is 37.3. The Morgan fingerprint density at radius 1 is 0.519 bits per heavy atom. The lowest BCUT2D eigenvalue weighted by atomic mass is 10.0. The molecular weight excluding hydrogens is 690 g/mol. The first-order valence-electron chi connectivity index (χ1n) is 19.9. The molecule has 0 aromatic carbocycles. The summed E-state index contributed by atoms with van der Waals surface area (Å²) in [5.41, 5.74) is 5.40. The molecule has 52 heavy (non-hydrogen) atoms. The number of nitrogens with two attached hydrogens (primary N) is 1. The number of hydrogen-bond acceptors (Lipinski definition) is 12. The van der Waals surface area contributed by atoms with Gasteiger partial charge in [-0.05, 0) is 70.8 Å². The zero-order valence-corrected chi connectivity index (χ0v) is 32.5. The van der Waals surface area contributed by atoms with Crippen molar-refractivity contribution in [1.82, 2.24) is 10.6 Å². The molecule has 2 unspecified atom stereocenters. The van der Waals surface area contributed by atoms with Crippen molar-refractivity contribution < 1.29 is 47.6 Å². The SMILES string of the molecule is NCCCOCCOCCOCCCCC(=O)CCCC(=O)CCCCOCCOCCOCCCCC(=O)CCCC[C@@H]1SCC2NC(=O)NC21. The summed E-state index contributed by atoms with van der Waals surface area (Å²) in [6.07, 6.45) is 12.7. The van der Waals surface area contributed by atoms with E-state index in [0.29, 0.717) is 142 Å². The highest BCUT2D eigenvalue weighted by Crippen LogP contribution is 2.33. The summed E-state index contributed by atoms with van der Waals surface area (Å²) in [5, 5.41) is 6.45. The number of nitrogens with one attached hydrogen (secondary N) is 2. The quantitative estimate of drug-likeness (QED) is 0.0591. The number of carbonyl (C=O) groups excluding carboxylic acids is 4. The summed E-state index contributed by atoms with van der Waals surface area (Å²) in [6.45, 7) is 7.40. The maximum atomic E-state index is 12.2. The van der Waals surface area contributed by atoms with Gasteiger partial charge in [-0.2, -0.15) is 11.8 Å². The van der Waals surface area contributed by atoms with Crippen LogP contribution in [0.15, 0.2) is 0 Å². The first kappa shape index (κ1) is 46.5. The molecule has 2 saturated heterocycles. The second-order valence-corrected chi connectivity index (χ2v) is 14.8. The van der Waals surface area contributed by atoms with Crippen molar-refractivity contribution in [2.45, 2.75) is 126 Å². The Bertz CT molecular complexity index is 947. The summed E-state index contributed by atoms with van der Waals surface area (Å²) in [6, 6.07) is 0.451. The van der Waals surface area contributed by atoms with Crippen LogP contribution in [-0.4, -0.2) is 132 Å². The van der Waals surface area contributed by atoms with Crippen LogP contribution in [0.25, 0.3) is 0 Å². The molecule has 0 radical (unpaired) electrons. The molecule has 3 atom stereocenters. The number of ketones is 3. The number of thioether (sulfide) groups is 1. The maximum absolute atomic E-state index is 12.2. The summed E-state index contributed by atoms with van der Waals surface area (Å²) in [7, 11) is 0. The van der Waals surface area contributed by atoms with Gasteiger partial charge in [-0.25, -0.2) is 4.79 Å². The summed E-state index contributed by atoms with van der Waals surface area (Å²) < 4.78 is 33.1. The smallest absolute Gasteiger partial charge is 0.315 e. The van der Waals surface area contributed by atoms with Crippen molar-refractivity contribution >= 4 is 35.1 Å². The van der Waals surface area contributed by atoms with E-state index in [2.05, 4.69) is 10.6 Å². The van der Waals surface area contributed by atoms with Gasteiger partial charge in [-0.1, -0.05) is 6.42 Å². The maximum Gasteiger partial charge on any atom is 0.315 e. The predicted molar refractivity (Wildman–Crippen MR) is 203 cm³/mol. The molecule has 2 heterocycles. The van der Waals surface area contributed by atoms with E-state index in [4.69, 9.17) is 34.2 Å². The molecule has 0 aromatic rings. The molecule has 2 aliphatic heterocycles. The first-order chi connectivity index (χ1) is 25.5. The molecule has 0 bridgehead atoms. The van der Waals surface area contributed by atoms with Gasteiger partial charge in [0, 0.05) is 76.0 Å². The van der Waals surface area contributed by atoms with Gasteiger partial charge in [-0.3, -0.25) is 14.4 Å². The van der Waals surface area contributed by atoms with E-state index in [0.717, 1.165) is 70.0 Å². The van der Waals surface area contributed by atoms with Crippen molar-refractivity contribution in [3.05, 3.63) is 0 Å². The fourth-order valence-electron chi connectivity index (χ4n) is 6.02. The van der Waals surface area contributed by atoms with E-state index in [-0.39, 0.29) is 29.7 Å². The normalized spacial score (nSPS) is 18.0. The van der Waals surface area contributed by atoms with Crippen LogP contribution in [0.1, 0.15) is 109 Å². The number of fused-ring (bicyclic) bond motifs is 1. The molecule has 4 N–H and O–H groups in total. The van der Waals surface area contributed by atoms with Gasteiger partial charge in [0.1, 0.15) is 17.3 Å². The second kappa shape index (κ2) is 32.8. The van der Waals surface area contributed by atoms with Crippen molar-refractivity contribution in [1.29, 1.82) is 0 Å². The van der Waals surface area contributed by atoms with Gasteiger partial charge in [0.05, 0.1) is 64.9 Å². The van der Waals surface area contributed by atoms with E-state index in [1.165, 1.54) is 0 Å². The highest BCUT2D eigenvalue weighted by molar-refractivity contribution is 8.00. The Hall–Kier alpha value is -1.65. The average molecular weight is 760 g/mol. The van der Waals surface area contributed by atoms with E-state index < -0.39 is 0 Å². The fraction of sp³-hybridized carbons (Fsp3) is 0.895. The van der Waals surface area contributed by atoms with Crippen LogP contribution in [-0.2, 0) is 42.8 Å². The Kier molecular flexibility index (Phi) is 29.3. The molecule has 14 heteroatoms. The molecule has 2 fully saturated rings. The molecule has 302 valence electrons. The number of unbranched alkanes of at least 4 members (excludes halogenated alkanes) is 4. The number of amides is 2. The van der Waals surface area contributed by atoms with Crippen LogP contribution in [0.2, 0.25) is 0 Å². The number of rotatable bonds is 39. The van der Waals surface area contributed by atoms with Gasteiger partial charge in [0.2, 0.25) is 0 Å².